The van der Waals surface area contributed by atoms with Crippen molar-refractivity contribution in [2.24, 2.45) is 4.99 Å². The third kappa shape index (κ3) is 5.30. The summed E-state index contributed by atoms with van der Waals surface area (Å²) in [5.74, 6) is -1.52. The maximum absolute atomic E-state index is 13.1. The highest BCUT2D eigenvalue weighted by atomic mass is 32.2. The Morgan fingerprint density at radius 2 is 1.76 bits per heavy atom. The van der Waals surface area contributed by atoms with Gasteiger partial charge in [-0.3, -0.25) is 9.79 Å². The van der Waals surface area contributed by atoms with Crippen LogP contribution in [0.5, 0.6) is 0 Å². The third-order valence-corrected chi connectivity index (χ3v) is 8.17. The Morgan fingerprint density at radius 1 is 1.14 bits per heavy atom. The Labute approximate surface area is 211 Å². The Balaban J connectivity index is 1.50. The van der Waals surface area contributed by atoms with E-state index in [4.69, 9.17) is 0 Å². The highest BCUT2D eigenvalue weighted by Gasteiger charge is 2.47. The molecule has 4 rings (SSSR count). The summed E-state index contributed by atoms with van der Waals surface area (Å²) in [7, 11) is -3.86. The van der Waals surface area contributed by atoms with Gasteiger partial charge in [0, 0.05) is 24.1 Å². The number of amidine groups is 1. The van der Waals surface area contributed by atoms with Crippen molar-refractivity contribution in [3.8, 4) is 0 Å². The number of aryl methyl sites for hydroxylation is 2. The van der Waals surface area contributed by atoms with Crippen LogP contribution in [0.4, 0.5) is 13.2 Å². The number of carboxylic acids is 1. The van der Waals surface area contributed by atoms with E-state index in [9.17, 15) is 36.3 Å². The molecule has 2 aromatic rings. The number of nitrogens with one attached hydrogen (secondary N) is 1. The van der Waals surface area contributed by atoms with Gasteiger partial charge < -0.3 is 10.4 Å². The summed E-state index contributed by atoms with van der Waals surface area (Å²) in [6, 6.07) is 7.42. The zero-order valence-corrected chi connectivity index (χ0v) is 20.8. The van der Waals surface area contributed by atoms with Crippen molar-refractivity contribution in [3.63, 3.8) is 0 Å². The summed E-state index contributed by atoms with van der Waals surface area (Å²) in [4.78, 5) is 28.4. The molecule has 12 heteroatoms. The summed E-state index contributed by atoms with van der Waals surface area (Å²) in [5, 5.41) is 12.8. The van der Waals surface area contributed by atoms with Crippen LogP contribution in [0.3, 0.4) is 0 Å². The van der Waals surface area contributed by atoms with Crippen molar-refractivity contribution < 1.29 is 36.3 Å². The molecule has 1 fully saturated rings. The Kier molecular flexibility index (Phi) is 6.76. The number of carboxylic acid groups (broad SMARTS) is 1. The van der Waals surface area contributed by atoms with Crippen molar-refractivity contribution >= 4 is 33.8 Å². The topological polar surface area (TPSA) is 116 Å². The lowest BCUT2D eigenvalue weighted by molar-refractivity contribution is -0.137. The van der Waals surface area contributed by atoms with Gasteiger partial charge in [-0.25, -0.2) is 13.2 Å². The molecule has 2 aliphatic heterocycles. The molecule has 2 heterocycles. The largest absolute Gasteiger partial charge is 0.478 e. The number of hydrogen-bond acceptors (Lipinski definition) is 5. The van der Waals surface area contributed by atoms with Crippen LogP contribution in [0.2, 0.25) is 0 Å². The number of aromatic carboxylic acids is 1. The molecule has 1 amide bonds. The second-order valence-corrected chi connectivity index (χ2v) is 10.9. The molecule has 1 spiro atoms. The highest BCUT2D eigenvalue weighted by molar-refractivity contribution is 7.92. The SMILES string of the molecule is Cc1cc(C(=O)O)cc(C)c1C=CS(=O)(=O)N1CCC2(CC1)N=C(c1cccc(C(F)(F)F)c1)NC2=O. The molecule has 2 N–H and O–H groups in total. The van der Waals surface area contributed by atoms with E-state index in [-0.39, 0.29) is 42.9 Å². The first kappa shape index (κ1) is 26.6. The quantitative estimate of drug-likeness (QED) is 0.605. The van der Waals surface area contributed by atoms with Crippen molar-refractivity contribution in [3.05, 3.63) is 75.2 Å². The highest BCUT2D eigenvalue weighted by Crippen LogP contribution is 2.34. The van der Waals surface area contributed by atoms with Gasteiger partial charge in [0.25, 0.3) is 5.91 Å². The number of alkyl halides is 3. The van der Waals surface area contributed by atoms with E-state index in [1.54, 1.807) is 13.8 Å². The van der Waals surface area contributed by atoms with E-state index >= 15 is 0 Å². The fourth-order valence-corrected chi connectivity index (χ4v) is 5.72. The molecule has 0 bridgehead atoms. The normalized spacial score (nSPS) is 18.3. The molecule has 0 radical (unpaired) electrons. The lowest BCUT2D eigenvalue weighted by atomic mass is 9.89. The smallest absolute Gasteiger partial charge is 0.416 e. The maximum Gasteiger partial charge on any atom is 0.416 e. The predicted octanol–water partition coefficient (Wildman–Crippen LogP) is 3.73. The van der Waals surface area contributed by atoms with Gasteiger partial charge in [0.15, 0.2) is 0 Å². The lowest BCUT2D eigenvalue weighted by Gasteiger charge is -2.34. The summed E-state index contributed by atoms with van der Waals surface area (Å²) in [5.41, 5.74) is -0.0692. The van der Waals surface area contributed by atoms with Crippen molar-refractivity contribution in [1.29, 1.82) is 0 Å². The molecular weight excluding hydrogens is 511 g/mol. The van der Waals surface area contributed by atoms with Crippen LogP contribution in [0.25, 0.3) is 6.08 Å². The first-order valence-electron chi connectivity index (χ1n) is 11.3. The number of hydrogen-bond donors (Lipinski definition) is 2. The summed E-state index contributed by atoms with van der Waals surface area (Å²) in [6.07, 6.45) is -2.99. The minimum atomic E-state index is -4.54. The van der Waals surface area contributed by atoms with Gasteiger partial charge in [-0.05, 0) is 73.7 Å². The van der Waals surface area contributed by atoms with Gasteiger partial charge in [-0.1, -0.05) is 12.1 Å². The number of benzene rings is 2. The number of piperidine rings is 1. The minimum Gasteiger partial charge on any atom is -0.478 e. The maximum atomic E-state index is 13.1. The van der Waals surface area contributed by atoms with Gasteiger partial charge in [0.2, 0.25) is 10.0 Å². The molecule has 0 saturated carbocycles. The second-order valence-electron chi connectivity index (χ2n) is 9.10. The minimum absolute atomic E-state index is 0.00458. The summed E-state index contributed by atoms with van der Waals surface area (Å²) in [6.45, 7) is 3.37. The van der Waals surface area contributed by atoms with Crippen LogP contribution in [0.15, 0.2) is 46.8 Å². The van der Waals surface area contributed by atoms with Crippen LogP contribution in [-0.2, 0) is 21.0 Å². The molecule has 37 heavy (non-hydrogen) atoms. The van der Waals surface area contributed by atoms with Gasteiger partial charge >= 0.3 is 12.1 Å². The number of amides is 1. The van der Waals surface area contributed by atoms with Crippen LogP contribution < -0.4 is 5.32 Å². The Hall–Kier alpha value is -3.51. The average molecular weight is 536 g/mol. The zero-order chi connectivity index (χ0) is 27.2. The number of halogens is 3. The molecule has 0 atom stereocenters. The fourth-order valence-electron chi connectivity index (χ4n) is 4.55. The molecule has 0 unspecified atom stereocenters. The molecule has 8 nitrogen and oxygen atoms in total. The van der Waals surface area contributed by atoms with Gasteiger partial charge in [0.1, 0.15) is 11.4 Å². The lowest BCUT2D eigenvalue weighted by Crippen LogP contribution is -2.50. The van der Waals surface area contributed by atoms with Gasteiger partial charge in [0.05, 0.1) is 11.1 Å². The molecule has 0 aromatic heterocycles. The number of nitrogens with zero attached hydrogens (tertiary/aromatic N) is 2. The molecule has 0 aliphatic carbocycles. The average Bonchev–Trinajstić information content (AvgIpc) is 3.13. The Morgan fingerprint density at radius 3 is 2.32 bits per heavy atom. The summed E-state index contributed by atoms with van der Waals surface area (Å²) < 4.78 is 66.4. The number of sulfonamides is 1. The van der Waals surface area contributed by atoms with Crippen LogP contribution >= 0.6 is 0 Å². The first-order chi connectivity index (χ1) is 17.2. The predicted molar refractivity (Wildman–Crippen MR) is 130 cm³/mol. The van der Waals surface area contributed by atoms with Crippen LogP contribution in [0, 0.1) is 13.8 Å². The third-order valence-electron chi connectivity index (χ3n) is 6.60. The fraction of sp³-hybridized carbons (Fsp3) is 0.320. The first-order valence-corrected chi connectivity index (χ1v) is 12.8. The van der Waals surface area contributed by atoms with Crippen molar-refractivity contribution in [2.75, 3.05) is 13.1 Å². The molecule has 2 aromatic carbocycles. The van der Waals surface area contributed by atoms with E-state index < -0.39 is 39.2 Å². The van der Waals surface area contributed by atoms with E-state index in [2.05, 4.69) is 10.3 Å². The summed E-state index contributed by atoms with van der Waals surface area (Å²) >= 11 is 0. The molecule has 1 saturated heterocycles. The van der Waals surface area contributed by atoms with Crippen LogP contribution in [0.1, 0.15) is 51.0 Å². The molecular formula is C25H24F3N3O5S. The molecule has 2 aliphatic rings. The van der Waals surface area contributed by atoms with E-state index in [0.29, 0.717) is 16.7 Å². The standard InChI is InChI=1S/C25H24F3N3O5S/c1-15-12-18(22(32)33)13-16(2)20(15)6-11-37(35,36)31-9-7-24(8-10-31)23(34)29-21(30-24)17-4-3-5-19(14-17)25(26,27)28/h3-6,11-14H,7-10H2,1-2H3,(H,32,33)(H,29,30,34). The Bertz CT molecular complexity index is 1420. The zero-order valence-electron chi connectivity index (χ0n) is 20.0. The monoisotopic (exact) mass is 535 g/mol. The van der Waals surface area contributed by atoms with Crippen molar-refractivity contribution in [2.45, 2.75) is 38.4 Å². The number of aliphatic imine (C=N–C) groups is 1. The second kappa shape index (κ2) is 9.42. The molecule has 196 valence electrons. The van der Waals surface area contributed by atoms with E-state index in [1.165, 1.54) is 34.6 Å². The van der Waals surface area contributed by atoms with Gasteiger partial charge in [-0.15, -0.1) is 0 Å². The van der Waals surface area contributed by atoms with E-state index in [1.807, 2.05) is 0 Å². The number of rotatable bonds is 5. The van der Waals surface area contributed by atoms with Crippen molar-refractivity contribution in [1.82, 2.24) is 9.62 Å². The van der Waals surface area contributed by atoms with E-state index in [0.717, 1.165) is 17.5 Å². The number of carbonyl (C=O) groups is 2. The van der Waals surface area contributed by atoms with Crippen LogP contribution in [-0.4, -0.2) is 54.2 Å². The van der Waals surface area contributed by atoms with Gasteiger partial charge in [-0.2, -0.15) is 17.5 Å². The number of carbonyl (C=O) groups excluding carboxylic acids is 1.